The Kier molecular flexibility index (Phi) is 4.29. The van der Waals surface area contributed by atoms with Crippen LogP contribution in [0.3, 0.4) is 0 Å². The largest absolute Gasteiger partial charge is 0.497 e. The van der Waals surface area contributed by atoms with E-state index < -0.39 is 0 Å². The van der Waals surface area contributed by atoms with Gasteiger partial charge in [0, 0.05) is 12.5 Å². The Hall–Kier alpha value is -2.16. The zero-order valence-electron chi connectivity index (χ0n) is 11.2. The van der Waals surface area contributed by atoms with Gasteiger partial charge in [-0.25, -0.2) is 0 Å². The van der Waals surface area contributed by atoms with Crippen molar-refractivity contribution in [3.63, 3.8) is 0 Å². The topological polar surface area (TPSA) is 27.7 Å². The number of rotatable bonds is 5. The Morgan fingerprint density at radius 1 is 0.895 bits per heavy atom. The fourth-order valence-electron chi connectivity index (χ4n) is 1.92. The van der Waals surface area contributed by atoms with Crippen LogP contribution in [-0.4, -0.2) is 14.2 Å². The van der Waals surface area contributed by atoms with Gasteiger partial charge >= 0.3 is 0 Å². The van der Waals surface area contributed by atoms with E-state index >= 15 is 0 Å². The molecule has 0 bridgehead atoms. The lowest BCUT2D eigenvalue weighted by atomic mass is 10.0. The minimum absolute atomic E-state index is 0.755. The number of hydrogen-bond acceptors (Lipinski definition) is 3. The Labute approximate surface area is 113 Å². The van der Waals surface area contributed by atoms with Crippen molar-refractivity contribution in [1.82, 2.24) is 0 Å². The minimum atomic E-state index is 0.755. The second-order valence-corrected chi connectivity index (χ2v) is 4.14. The van der Waals surface area contributed by atoms with Crippen molar-refractivity contribution in [3.8, 4) is 17.2 Å². The molecule has 3 heteroatoms. The van der Waals surface area contributed by atoms with Gasteiger partial charge in [0.1, 0.15) is 24.4 Å². The summed E-state index contributed by atoms with van der Waals surface area (Å²) in [7, 11) is 6.69. The summed E-state index contributed by atoms with van der Waals surface area (Å²) in [5.41, 5.74) is 2.30. The first-order valence-electron chi connectivity index (χ1n) is 5.98. The molecule has 0 aliphatic rings. The van der Waals surface area contributed by atoms with Gasteiger partial charge in [-0.15, -0.1) is 0 Å². The summed E-state index contributed by atoms with van der Waals surface area (Å²) < 4.78 is 15.5. The molecule has 0 N–H and O–H groups in total. The number of ether oxygens (including phenoxy) is 3. The van der Waals surface area contributed by atoms with Gasteiger partial charge in [0.2, 0.25) is 0 Å². The highest BCUT2D eigenvalue weighted by molar-refractivity contribution is 5.43. The molecule has 0 saturated carbocycles. The monoisotopic (exact) mass is 257 g/mol. The molecule has 0 atom stereocenters. The maximum absolute atomic E-state index is 5.39. The smallest absolute Gasteiger partial charge is 0.126 e. The second kappa shape index (κ2) is 6.14. The lowest BCUT2D eigenvalue weighted by molar-refractivity contribution is 0.391. The fraction of sp³-hybridized carbons (Fsp3) is 0.188. The molecule has 0 aliphatic carbocycles. The van der Waals surface area contributed by atoms with Crippen LogP contribution in [0.15, 0.2) is 42.5 Å². The van der Waals surface area contributed by atoms with Crippen molar-refractivity contribution >= 4 is 0 Å². The van der Waals surface area contributed by atoms with Crippen LogP contribution in [0.5, 0.6) is 17.2 Å². The van der Waals surface area contributed by atoms with Crippen molar-refractivity contribution in [2.24, 2.45) is 0 Å². The molecule has 2 aromatic carbocycles. The first-order valence-corrected chi connectivity index (χ1v) is 5.98. The van der Waals surface area contributed by atoms with E-state index in [1.165, 1.54) is 5.56 Å². The van der Waals surface area contributed by atoms with Gasteiger partial charge < -0.3 is 14.2 Å². The summed E-state index contributed by atoms with van der Waals surface area (Å²) in [4.78, 5) is 0. The molecule has 2 aromatic rings. The van der Waals surface area contributed by atoms with E-state index in [9.17, 15) is 0 Å². The van der Waals surface area contributed by atoms with Crippen LogP contribution >= 0.6 is 0 Å². The maximum Gasteiger partial charge on any atom is 0.126 e. The van der Waals surface area contributed by atoms with Crippen molar-refractivity contribution in [3.05, 3.63) is 60.7 Å². The third-order valence-corrected chi connectivity index (χ3v) is 2.98. The molecule has 2 rings (SSSR count). The van der Waals surface area contributed by atoms with Crippen LogP contribution < -0.4 is 14.2 Å². The van der Waals surface area contributed by atoms with Gasteiger partial charge in [-0.3, -0.25) is 0 Å². The van der Waals surface area contributed by atoms with Crippen LogP contribution in [0.1, 0.15) is 11.1 Å². The third kappa shape index (κ3) is 3.19. The predicted molar refractivity (Wildman–Crippen MR) is 74.8 cm³/mol. The van der Waals surface area contributed by atoms with Crippen LogP contribution in [0, 0.1) is 7.11 Å². The van der Waals surface area contributed by atoms with Gasteiger partial charge in [-0.2, -0.15) is 0 Å². The van der Waals surface area contributed by atoms with E-state index in [1.54, 1.807) is 14.2 Å². The molecule has 3 nitrogen and oxygen atoms in total. The molecule has 0 heterocycles. The first-order chi connectivity index (χ1) is 9.26. The molecule has 0 aromatic heterocycles. The van der Waals surface area contributed by atoms with E-state index in [0.29, 0.717) is 0 Å². The molecule has 19 heavy (non-hydrogen) atoms. The summed E-state index contributed by atoms with van der Waals surface area (Å²) in [5, 5.41) is 0. The Morgan fingerprint density at radius 2 is 1.58 bits per heavy atom. The van der Waals surface area contributed by atoms with E-state index in [-0.39, 0.29) is 0 Å². The lowest BCUT2D eigenvalue weighted by Gasteiger charge is -2.10. The molecular weight excluding hydrogens is 240 g/mol. The zero-order valence-corrected chi connectivity index (χ0v) is 11.2. The molecule has 1 radical (unpaired) electrons. The van der Waals surface area contributed by atoms with Gasteiger partial charge in [0.05, 0.1) is 14.2 Å². The predicted octanol–water partition coefficient (Wildman–Crippen LogP) is 3.46. The quantitative estimate of drug-likeness (QED) is 0.821. The second-order valence-electron chi connectivity index (χ2n) is 4.14. The summed E-state index contributed by atoms with van der Waals surface area (Å²) in [6, 6.07) is 13.7. The van der Waals surface area contributed by atoms with Crippen LogP contribution in [0.25, 0.3) is 0 Å². The van der Waals surface area contributed by atoms with Crippen molar-refractivity contribution in [2.45, 2.75) is 6.42 Å². The number of benzene rings is 2. The zero-order chi connectivity index (χ0) is 13.7. The van der Waals surface area contributed by atoms with Crippen LogP contribution in [-0.2, 0) is 6.42 Å². The molecule has 0 unspecified atom stereocenters. The van der Waals surface area contributed by atoms with E-state index in [4.69, 9.17) is 14.2 Å². The minimum Gasteiger partial charge on any atom is -0.497 e. The average molecular weight is 257 g/mol. The maximum atomic E-state index is 5.39. The Morgan fingerprint density at radius 3 is 2.16 bits per heavy atom. The summed E-state index contributed by atoms with van der Waals surface area (Å²) >= 11 is 0. The Balaban J connectivity index is 2.21. The summed E-state index contributed by atoms with van der Waals surface area (Å²) in [6.07, 6.45) is 0.796. The van der Waals surface area contributed by atoms with Crippen molar-refractivity contribution in [2.75, 3.05) is 14.2 Å². The van der Waals surface area contributed by atoms with Gasteiger partial charge in [-0.05, 0) is 29.3 Å². The van der Waals surface area contributed by atoms with Crippen LogP contribution in [0.2, 0.25) is 0 Å². The molecule has 0 amide bonds. The SMILES string of the molecule is [CH2]Oc1ccc(Cc2ccc(OC)cc2OC)cc1. The summed E-state index contributed by atoms with van der Waals surface area (Å²) in [6.45, 7) is 0. The highest BCUT2D eigenvalue weighted by Crippen LogP contribution is 2.27. The van der Waals surface area contributed by atoms with Crippen molar-refractivity contribution < 1.29 is 14.2 Å². The summed E-state index contributed by atoms with van der Waals surface area (Å²) in [5.74, 6) is 2.38. The Bertz CT molecular complexity index is 532. The highest BCUT2D eigenvalue weighted by atomic mass is 16.5. The first kappa shape index (κ1) is 13.3. The molecular formula is C16H17O3. The third-order valence-electron chi connectivity index (χ3n) is 2.98. The fourth-order valence-corrected chi connectivity index (χ4v) is 1.92. The van der Waals surface area contributed by atoms with Gasteiger partial charge in [-0.1, -0.05) is 18.2 Å². The molecule has 0 aliphatic heterocycles. The normalized spacial score (nSPS) is 10.1. The molecule has 0 fully saturated rings. The standard InChI is InChI=1S/C16H17O3/c1-17-14-7-4-12(5-8-14)10-13-6-9-15(18-2)11-16(13)19-3/h4-9,11H,1,10H2,2-3H3. The van der Waals surface area contributed by atoms with Gasteiger partial charge in [0.25, 0.3) is 0 Å². The van der Waals surface area contributed by atoms with E-state index in [2.05, 4.69) is 7.11 Å². The van der Waals surface area contributed by atoms with Crippen LogP contribution in [0.4, 0.5) is 0 Å². The molecule has 0 saturated heterocycles. The average Bonchev–Trinajstić information content (AvgIpc) is 2.48. The number of hydrogen-bond donors (Lipinski definition) is 0. The number of methoxy groups -OCH3 is 2. The lowest BCUT2D eigenvalue weighted by Crippen LogP contribution is -1.95. The van der Waals surface area contributed by atoms with Crippen molar-refractivity contribution in [1.29, 1.82) is 0 Å². The molecule has 0 spiro atoms. The van der Waals surface area contributed by atoms with E-state index in [1.807, 2.05) is 42.5 Å². The highest BCUT2D eigenvalue weighted by Gasteiger charge is 2.06. The van der Waals surface area contributed by atoms with Gasteiger partial charge in [0.15, 0.2) is 0 Å². The molecule has 99 valence electrons. The van der Waals surface area contributed by atoms with E-state index in [0.717, 1.165) is 29.2 Å².